The van der Waals surface area contributed by atoms with Crippen LogP contribution < -0.4 is 15.4 Å². The van der Waals surface area contributed by atoms with Crippen LogP contribution in [0.25, 0.3) is 10.8 Å². The maximum absolute atomic E-state index is 12.1. The molecule has 0 saturated carbocycles. The Morgan fingerprint density at radius 2 is 1.91 bits per heavy atom. The third kappa shape index (κ3) is 2.54. The number of hydrogen-bond acceptors (Lipinski definition) is 3. The predicted octanol–water partition coefficient (Wildman–Crippen LogP) is 3.07. The second-order valence-electron chi connectivity index (χ2n) is 5.53. The molecule has 0 spiro atoms. The molecule has 1 aliphatic rings. The lowest BCUT2D eigenvalue weighted by atomic mass is 9.89. The van der Waals surface area contributed by atoms with E-state index in [9.17, 15) is 9.59 Å². The molecule has 0 fully saturated rings. The van der Waals surface area contributed by atoms with Crippen molar-refractivity contribution in [3.05, 3.63) is 53.2 Å². The Bertz CT molecular complexity index is 839. The summed E-state index contributed by atoms with van der Waals surface area (Å²) in [5.74, 6) is 0.553. The van der Waals surface area contributed by atoms with Crippen LogP contribution in [-0.2, 0) is 4.79 Å². The molecule has 1 atom stereocenters. The Morgan fingerprint density at radius 1 is 1.17 bits per heavy atom. The molecule has 2 amide bonds. The predicted molar refractivity (Wildman–Crippen MR) is 88.3 cm³/mol. The van der Waals surface area contributed by atoms with Gasteiger partial charge in [-0.25, -0.2) is 4.79 Å². The lowest BCUT2D eigenvalue weighted by Crippen LogP contribution is -2.44. The van der Waals surface area contributed by atoms with E-state index in [4.69, 9.17) is 4.74 Å². The maximum atomic E-state index is 12.1. The zero-order valence-corrected chi connectivity index (χ0v) is 13.3. The Balaban J connectivity index is 2.31. The Kier molecular flexibility index (Phi) is 3.78. The van der Waals surface area contributed by atoms with Gasteiger partial charge in [-0.15, -0.1) is 0 Å². The molecule has 3 rings (SSSR count). The fourth-order valence-corrected chi connectivity index (χ4v) is 3.13. The number of benzene rings is 2. The molecule has 5 nitrogen and oxygen atoms in total. The van der Waals surface area contributed by atoms with Crippen LogP contribution in [-0.4, -0.2) is 18.9 Å². The number of urea groups is 1. The summed E-state index contributed by atoms with van der Waals surface area (Å²) in [5.41, 5.74) is 1.91. The van der Waals surface area contributed by atoms with Crippen LogP contribution in [0.15, 0.2) is 47.7 Å². The monoisotopic (exact) mass is 310 g/mol. The molecular weight excluding hydrogens is 292 g/mol. The van der Waals surface area contributed by atoms with Gasteiger partial charge in [0.2, 0.25) is 0 Å². The van der Waals surface area contributed by atoms with Crippen LogP contribution >= 0.6 is 0 Å². The molecule has 0 aliphatic carbocycles. The van der Waals surface area contributed by atoms with Crippen molar-refractivity contribution in [2.45, 2.75) is 19.9 Å². The van der Waals surface area contributed by atoms with E-state index in [1.165, 1.54) is 6.92 Å². The van der Waals surface area contributed by atoms with Crippen molar-refractivity contribution in [2.24, 2.45) is 0 Å². The highest BCUT2D eigenvalue weighted by molar-refractivity contribution is 6.00. The van der Waals surface area contributed by atoms with Crippen molar-refractivity contribution >= 4 is 22.6 Å². The summed E-state index contributed by atoms with van der Waals surface area (Å²) < 4.78 is 5.50. The smallest absolute Gasteiger partial charge is 0.319 e. The first-order valence-corrected chi connectivity index (χ1v) is 7.37. The topological polar surface area (TPSA) is 67.4 Å². The molecule has 0 saturated heterocycles. The average molecular weight is 310 g/mol. The molecule has 2 aromatic rings. The van der Waals surface area contributed by atoms with Gasteiger partial charge in [0, 0.05) is 16.8 Å². The maximum Gasteiger partial charge on any atom is 0.319 e. The standard InChI is InChI=1S/C18H18N2O3/c1-10-15(11(2)21)17(20-18(22)19-10)16-13-7-5-4-6-12(13)8-9-14(16)23-3/h4-9,17H,1-3H3,(H2,19,20,22)/t17-/m0/s1. The minimum atomic E-state index is -0.540. The van der Waals surface area contributed by atoms with Crippen LogP contribution in [0.1, 0.15) is 25.5 Å². The van der Waals surface area contributed by atoms with Crippen LogP contribution in [0.3, 0.4) is 0 Å². The lowest BCUT2D eigenvalue weighted by Gasteiger charge is -2.29. The zero-order valence-electron chi connectivity index (χ0n) is 13.3. The first-order valence-electron chi connectivity index (χ1n) is 7.37. The number of allylic oxidation sites excluding steroid dienone is 1. The number of rotatable bonds is 3. The average Bonchev–Trinajstić information content (AvgIpc) is 2.52. The number of carbonyl (C=O) groups is 2. The molecule has 118 valence electrons. The van der Waals surface area contributed by atoms with E-state index in [2.05, 4.69) is 10.6 Å². The third-order valence-corrected chi connectivity index (χ3v) is 4.09. The number of nitrogens with one attached hydrogen (secondary N) is 2. The first kappa shape index (κ1) is 15.1. The van der Waals surface area contributed by atoms with Gasteiger partial charge in [0.15, 0.2) is 5.78 Å². The third-order valence-electron chi connectivity index (χ3n) is 4.09. The van der Waals surface area contributed by atoms with Crippen LogP contribution in [0, 0.1) is 0 Å². The molecular formula is C18H18N2O3. The van der Waals surface area contributed by atoms with E-state index in [1.807, 2.05) is 36.4 Å². The Hall–Kier alpha value is -2.82. The van der Waals surface area contributed by atoms with Gasteiger partial charge in [0.05, 0.1) is 13.2 Å². The summed E-state index contributed by atoms with van der Waals surface area (Å²) in [6.45, 7) is 3.24. The summed E-state index contributed by atoms with van der Waals surface area (Å²) in [6.07, 6.45) is 0. The number of hydrogen-bond donors (Lipinski definition) is 2. The van der Waals surface area contributed by atoms with Gasteiger partial charge >= 0.3 is 6.03 Å². The minimum Gasteiger partial charge on any atom is -0.496 e. The molecule has 2 N–H and O–H groups in total. The number of amides is 2. The largest absolute Gasteiger partial charge is 0.496 e. The highest BCUT2D eigenvalue weighted by Gasteiger charge is 2.32. The van der Waals surface area contributed by atoms with E-state index in [-0.39, 0.29) is 11.8 Å². The Labute approximate surface area is 134 Å². The molecule has 1 aliphatic heterocycles. The molecule has 5 heteroatoms. The molecule has 1 heterocycles. The van der Waals surface area contributed by atoms with Gasteiger partial charge in [-0.05, 0) is 30.7 Å². The van der Waals surface area contributed by atoms with Crippen molar-refractivity contribution in [1.82, 2.24) is 10.6 Å². The van der Waals surface area contributed by atoms with Gasteiger partial charge in [-0.1, -0.05) is 30.3 Å². The summed E-state index contributed by atoms with van der Waals surface area (Å²) in [6, 6.07) is 10.8. The normalized spacial score (nSPS) is 17.7. The van der Waals surface area contributed by atoms with Gasteiger partial charge in [0.25, 0.3) is 0 Å². The highest BCUT2D eigenvalue weighted by atomic mass is 16.5. The zero-order chi connectivity index (χ0) is 16.6. The number of carbonyl (C=O) groups excluding carboxylic acids is 2. The number of ether oxygens (including phenoxy) is 1. The van der Waals surface area contributed by atoms with E-state index in [1.54, 1.807) is 14.0 Å². The molecule has 0 unspecified atom stereocenters. The number of methoxy groups -OCH3 is 1. The molecule has 0 bridgehead atoms. The van der Waals surface area contributed by atoms with Crippen LogP contribution in [0.2, 0.25) is 0 Å². The van der Waals surface area contributed by atoms with Gasteiger partial charge in [0.1, 0.15) is 5.75 Å². The van der Waals surface area contributed by atoms with Crippen molar-refractivity contribution < 1.29 is 14.3 Å². The van der Waals surface area contributed by atoms with Gasteiger partial charge in [-0.2, -0.15) is 0 Å². The highest BCUT2D eigenvalue weighted by Crippen LogP contribution is 2.38. The summed E-state index contributed by atoms with van der Waals surface area (Å²) >= 11 is 0. The van der Waals surface area contributed by atoms with Gasteiger partial charge in [-0.3, -0.25) is 4.79 Å². The van der Waals surface area contributed by atoms with E-state index in [0.717, 1.165) is 16.3 Å². The fraction of sp³-hybridized carbons (Fsp3) is 0.222. The summed E-state index contributed by atoms with van der Waals surface area (Å²) in [7, 11) is 1.58. The van der Waals surface area contributed by atoms with Crippen molar-refractivity contribution in [2.75, 3.05) is 7.11 Å². The fourth-order valence-electron chi connectivity index (χ4n) is 3.13. The summed E-state index contributed by atoms with van der Waals surface area (Å²) in [5, 5.41) is 7.49. The van der Waals surface area contributed by atoms with Crippen molar-refractivity contribution in [3.63, 3.8) is 0 Å². The van der Waals surface area contributed by atoms with Crippen LogP contribution in [0.5, 0.6) is 5.75 Å². The molecule has 0 radical (unpaired) electrons. The van der Waals surface area contributed by atoms with Crippen LogP contribution in [0.4, 0.5) is 4.79 Å². The minimum absolute atomic E-state index is 0.0880. The van der Waals surface area contributed by atoms with E-state index >= 15 is 0 Å². The first-order chi connectivity index (χ1) is 11.0. The quantitative estimate of drug-likeness (QED) is 0.915. The number of Topliss-reactive ketones (excluding diaryl/α,β-unsaturated/α-hetero) is 1. The Morgan fingerprint density at radius 3 is 2.61 bits per heavy atom. The van der Waals surface area contributed by atoms with Crippen molar-refractivity contribution in [1.29, 1.82) is 0 Å². The molecule has 0 aromatic heterocycles. The second kappa shape index (κ2) is 5.76. The number of ketones is 1. The molecule has 2 aromatic carbocycles. The SMILES string of the molecule is COc1ccc2ccccc2c1[C@H]1NC(=O)NC(C)=C1C(C)=O. The number of fused-ring (bicyclic) bond motifs is 1. The van der Waals surface area contributed by atoms with Crippen molar-refractivity contribution in [3.8, 4) is 5.75 Å². The molecule has 23 heavy (non-hydrogen) atoms. The van der Waals surface area contributed by atoms with E-state index < -0.39 is 6.04 Å². The second-order valence-corrected chi connectivity index (χ2v) is 5.53. The lowest BCUT2D eigenvalue weighted by molar-refractivity contribution is -0.114. The van der Waals surface area contributed by atoms with E-state index in [0.29, 0.717) is 17.0 Å². The summed E-state index contributed by atoms with van der Waals surface area (Å²) in [4.78, 5) is 24.1. The van der Waals surface area contributed by atoms with Gasteiger partial charge < -0.3 is 15.4 Å².